The van der Waals surface area contributed by atoms with Crippen molar-refractivity contribution in [1.82, 2.24) is 5.32 Å². The van der Waals surface area contributed by atoms with Crippen molar-refractivity contribution < 1.29 is 66.8 Å². The lowest BCUT2D eigenvalue weighted by Gasteiger charge is -2.35. The topological polar surface area (TPSA) is 222 Å². The van der Waals surface area contributed by atoms with Crippen LogP contribution in [0, 0.1) is 12.7 Å². The minimum Gasteiger partial charge on any atom is -0.489 e. The molecule has 4 amide bonds. The smallest absolute Gasteiger partial charge is 0.427 e. The molecule has 6 rings (SSSR count). The molecule has 2 atom stereocenters. The molecular formula is C46H58Cl4FN4O13P. The van der Waals surface area contributed by atoms with E-state index in [9.17, 15) is 32.9 Å². The number of aliphatic carboxylic acids is 1. The standard InChI is InChI=1S/C17H17ClFNO4.C15H22ClNO2.C11H11Cl2NO2.C3H8NO5P/c1-9(2)15-16(21)20(17(22)24-15)13-8-14(11(18)7-12(13)19)23-10-5-3-4-6-10;1-5-13-8-6-7-11(2)15(13)17(14(18)9-16)12(3)10-19-4;1-7-6-16-9-5-3-2-4-8(9)14(7)11(15)10(12)13;5-3(6)1-4-2-10(7,8)9/h7-8,10H,3-6H2,1-2H3;6-8,12H,5,9-10H2,1-4H3;2-5,7,10H,6H2,1H3;4H,1-2H2,(H,5,6)(H2,7,8,9). The Morgan fingerprint density at radius 1 is 1.04 bits per heavy atom. The Morgan fingerprint density at radius 2 is 1.70 bits per heavy atom. The Kier molecular flexibility index (Phi) is 23.7. The first-order chi connectivity index (χ1) is 32.5. The number of carbonyl (C=O) groups excluding carboxylic acids is 4. The minimum atomic E-state index is -4.10. The molecule has 2 fully saturated rings. The third-order valence-electron chi connectivity index (χ3n) is 10.3. The number of halogens is 5. The highest BCUT2D eigenvalue weighted by Gasteiger charge is 2.40. The molecule has 1 aliphatic carbocycles. The summed E-state index contributed by atoms with van der Waals surface area (Å²) in [6.45, 7) is 11.7. The highest BCUT2D eigenvalue weighted by atomic mass is 35.5. The number of anilines is 3. The number of para-hydroxylation sites is 3. The number of cyclic esters (lactones) is 1. The van der Waals surface area contributed by atoms with Gasteiger partial charge in [0.1, 0.15) is 29.8 Å². The van der Waals surface area contributed by atoms with Crippen LogP contribution in [0.2, 0.25) is 5.02 Å². The van der Waals surface area contributed by atoms with Crippen molar-refractivity contribution in [3.8, 4) is 11.5 Å². The molecule has 3 aliphatic rings. The number of nitrogens with one attached hydrogen (secondary N) is 1. The van der Waals surface area contributed by atoms with Crippen LogP contribution in [-0.2, 0) is 39.6 Å². The van der Waals surface area contributed by atoms with E-state index in [1.54, 1.807) is 30.8 Å². The van der Waals surface area contributed by atoms with Crippen LogP contribution in [0.15, 0.2) is 65.9 Å². The van der Waals surface area contributed by atoms with Crippen molar-refractivity contribution in [3.63, 3.8) is 0 Å². The number of rotatable bonds is 14. The molecule has 1 saturated carbocycles. The van der Waals surface area contributed by atoms with Crippen LogP contribution < -0.4 is 29.5 Å². The fraction of sp³-hybridized carbons (Fsp3) is 0.457. The summed E-state index contributed by atoms with van der Waals surface area (Å²) in [4.78, 5) is 77.5. The summed E-state index contributed by atoms with van der Waals surface area (Å²) >= 11 is 23.1. The summed E-state index contributed by atoms with van der Waals surface area (Å²) in [5.74, 6) is -2.21. The molecule has 1 saturated heterocycles. The number of aryl methyl sites for hydroxylation is 2. The maximum absolute atomic E-state index is 14.3. The van der Waals surface area contributed by atoms with Gasteiger partial charge >= 0.3 is 25.6 Å². The molecule has 3 aromatic carbocycles. The molecule has 0 spiro atoms. The molecule has 0 bridgehead atoms. The molecule has 17 nitrogen and oxygen atoms in total. The first-order valence-corrected chi connectivity index (χ1v) is 25.2. The number of methoxy groups -OCH3 is 1. The molecule has 2 heterocycles. The van der Waals surface area contributed by atoms with Gasteiger partial charge in [0.2, 0.25) is 5.91 Å². The average Bonchev–Trinajstić information content (AvgIpc) is 3.91. The van der Waals surface area contributed by atoms with Crippen LogP contribution in [-0.4, -0.2) is 107 Å². The highest BCUT2D eigenvalue weighted by molar-refractivity contribution is 7.51. The molecule has 2 aliphatic heterocycles. The van der Waals surface area contributed by atoms with Crippen molar-refractivity contribution in [2.24, 2.45) is 0 Å². The fourth-order valence-electron chi connectivity index (χ4n) is 7.22. The Hall–Kier alpha value is -4.49. The number of imide groups is 1. The second-order valence-electron chi connectivity index (χ2n) is 16.0. The van der Waals surface area contributed by atoms with Gasteiger partial charge in [-0.2, -0.15) is 0 Å². The van der Waals surface area contributed by atoms with Crippen LogP contribution in [0.4, 0.5) is 26.2 Å². The van der Waals surface area contributed by atoms with Gasteiger partial charge in [0.15, 0.2) is 10.6 Å². The molecule has 380 valence electrons. The van der Waals surface area contributed by atoms with E-state index in [-0.39, 0.29) is 58.1 Å². The summed E-state index contributed by atoms with van der Waals surface area (Å²) in [5.41, 5.74) is 4.24. The lowest BCUT2D eigenvalue weighted by Crippen LogP contribution is -2.47. The quantitative estimate of drug-likeness (QED) is 0.0672. The first-order valence-electron chi connectivity index (χ1n) is 21.6. The summed E-state index contributed by atoms with van der Waals surface area (Å²) in [5, 5.41) is 10.2. The number of benzene rings is 3. The molecule has 3 aromatic rings. The number of amides is 4. The molecule has 0 aromatic heterocycles. The number of alkyl halides is 3. The maximum atomic E-state index is 14.3. The van der Waals surface area contributed by atoms with E-state index in [0.717, 1.165) is 60.7 Å². The van der Waals surface area contributed by atoms with Gasteiger partial charge in [-0.05, 0) is 102 Å². The third-order valence-corrected chi connectivity index (χ3v) is 11.8. The van der Waals surface area contributed by atoms with Gasteiger partial charge in [-0.1, -0.05) is 72.1 Å². The first kappa shape index (κ1) is 58.8. The largest absolute Gasteiger partial charge is 0.489 e. The highest BCUT2D eigenvalue weighted by Crippen LogP contribution is 2.38. The summed E-state index contributed by atoms with van der Waals surface area (Å²) < 4.78 is 45.8. The molecular weight excluding hydrogens is 1010 g/mol. The zero-order valence-corrected chi connectivity index (χ0v) is 43.1. The van der Waals surface area contributed by atoms with Crippen molar-refractivity contribution >= 4 is 101 Å². The van der Waals surface area contributed by atoms with Crippen molar-refractivity contribution in [3.05, 3.63) is 87.9 Å². The predicted octanol–water partition coefficient (Wildman–Crippen LogP) is 9.14. The predicted molar refractivity (Wildman–Crippen MR) is 264 cm³/mol. The normalized spacial score (nSPS) is 15.9. The number of allylic oxidation sites excluding steroid dienone is 1. The number of hydrogen-bond donors (Lipinski definition) is 4. The van der Waals surface area contributed by atoms with Crippen LogP contribution in [0.1, 0.15) is 71.4 Å². The number of ether oxygens (including phenoxy) is 4. The molecule has 4 N–H and O–H groups in total. The Labute approximate surface area is 420 Å². The summed E-state index contributed by atoms with van der Waals surface area (Å²) in [6.07, 6.45) is 3.28. The number of carboxylic acid groups (broad SMARTS) is 1. The van der Waals surface area contributed by atoms with Crippen molar-refractivity contribution in [2.75, 3.05) is 53.7 Å². The SMILES string of the molecule is CC(C)=C1OC(=O)N(c2cc(OC3CCCC3)c(Cl)cc2F)C1=O.CC1COc2ccccc2N1C(=O)C(Cl)Cl.CCc1cccc(C)c1N(C(=O)CCl)C(C)COC.O=C(O)CNCP(=O)(O)O. The van der Waals surface area contributed by atoms with E-state index in [1.807, 2.05) is 57.2 Å². The maximum Gasteiger partial charge on any atom is 0.427 e. The third kappa shape index (κ3) is 17.1. The van der Waals surface area contributed by atoms with E-state index >= 15 is 0 Å². The van der Waals surface area contributed by atoms with Gasteiger partial charge in [0.05, 0.1) is 59.7 Å². The Bertz CT molecular complexity index is 2360. The minimum absolute atomic E-state index is 0.00962. The van der Waals surface area contributed by atoms with E-state index in [0.29, 0.717) is 29.4 Å². The van der Waals surface area contributed by atoms with Crippen molar-refractivity contribution in [1.29, 1.82) is 0 Å². The lowest BCUT2D eigenvalue weighted by atomic mass is 10.0. The number of hydrogen-bond acceptors (Lipinski definition) is 11. The monoisotopic (exact) mass is 1060 g/mol. The van der Waals surface area contributed by atoms with Crippen LogP contribution in [0.3, 0.4) is 0 Å². The van der Waals surface area contributed by atoms with E-state index in [2.05, 4.69) is 18.3 Å². The molecule has 69 heavy (non-hydrogen) atoms. The number of fused-ring (bicyclic) bond motifs is 1. The molecule has 23 heteroatoms. The summed E-state index contributed by atoms with van der Waals surface area (Å²) in [6, 6.07) is 15.6. The van der Waals surface area contributed by atoms with E-state index in [1.165, 1.54) is 6.07 Å². The summed E-state index contributed by atoms with van der Waals surface area (Å²) in [7, 11) is -2.46. The van der Waals surface area contributed by atoms with Crippen molar-refractivity contribution in [2.45, 2.75) is 96.7 Å². The van der Waals surface area contributed by atoms with Gasteiger partial charge in [-0.25, -0.2) is 14.1 Å². The zero-order valence-electron chi connectivity index (χ0n) is 39.2. The van der Waals surface area contributed by atoms with Gasteiger partial charge in [0.25, 0.3) is 5.91 Å². The van der Waals surface area contributed by atoms with Crippen LogP contribution in [0.25, 0.3) is 0 Å². The Morgan fingerprint density at radius 3 is 2.25 bits per heavy atom. The second-order valence-corrected chi connectivity index (χ2v) is 19.4. The van der Waals surface area contributed by atoms with Crippen LogP contribution in [0.5, 0.6) is 11.5 Å². The fourth-order valence-corrected chi connectivity index (χ4v) is 8.16. The van der Waals surface area contributed by atoms with Gasteiger partial charge in [-0.3, -0.25) is 29.1 Å². The number of carbonyl (C=O) groups is 5. The van der Waals surface area contributed by atoms with E-state index in [4.69, 9.17) is 80.2 Å². The number of carboxylic acids is 1. The van der Waals surface area contributed by atoms with E-state index < -0.39 is 49.0 Å². The second kappa shape index (κ2) is 27.8. The van der Waals surface area contributed by atoms with Gasteiger partial charge in [-0.15, -0.1) is 11.6 Å². The number of nitrogens with zero attached hydrogens (tertiary/aromatic N) is 3. The zero-order chi connectivity index (χ0) is 51.7. The Balaban J connectivity index is 0.000000254. The average molecular weight is 1070 g/mol. The van der Waals surface area contributed by atoms with Gasteiger partial charge in [0, 0.05) is 13.2 Å². The molecule has 2 unspecified atom stereocenters. The van der Waals surface area contributed by atoms with Crippen LogP contribution >= 0.6 is 54.0 Å². The molecule has 0 radical (unpaired) electrons. The van der Waals surface area contributed by atoms with Gasteiger partial charge < -0.3 is 43.6 Å². The lowest BCUT2D eigenvalue weighted by molar-refractivity contribution is -0.136.